The van der Waals surface area contributed by atoms with Gasteiger partial charge in [-0.3, -0.25) is 4.79 Å². The molecule has 1 heterocycles. The molecule has 0 aromatic carbocycles. The van der Waals surface area contributed by atoms with Crippen LogP contribution in [0.5, 0.6) is 0 Å². The van der Waals surface area contributed by atoms with E-state index in [0.29, 0.717) is 32.7 Å². The van der Waals surface area contributed by atoms with Gasteiger partial charge in [0.25, 0.3) is 0 Å². The van der Waals surface area contributed by atoms with Gasteiger partial charge in [-0.05, 0) is 19.4 Å². The Morgan fingerprint density at radius 3 is 2.57 bits per heavy atom. The second-order valence-corrected chi connectivity index (χ2v) is 5.36. The lowest BCUT2D eigenvalue weighted by Gasteiger charge is -2.34. The quantitative estimate of drug-likeness (QED) is 0.628. The van der Waals surface area contributed by atoms with Crippen molar-refractivity contribution in [2.45, 2.75) is 19.3 Å². The molecule has 21 heavy (non-hydrogen) atoms. The van der Waals surface area contributed by atoms with Crippen molar-refractivity contribution in [1.82, 2.24) is 9.80 Å². The molecule has 1 aliphatic rings. The molecule has 0 radical (unpaired) electrons. The molecule has 0 saturated carbocycles. The zero-order chi connectivity index (χ0) is 15.5. The van der Waals surface area contributed by atoms with Crippen LogP contribution in [0.4, 0.5) is 0 Å². The number of hydrogen-bond donors (Lipinski definition) is 0. The first kappa shape index (κ1) is 17.9. The Bertz CT molecular complexity index is 336. The molecule has 120 valence electrons. The zero-order valence-corrected chi connectivity index (χ0v) is 13.2. The lowest BCUT2D eigenvalue weighted by atomic mass is 9.96. The number of hydrogen-bond acceptors (Lipinski definition) is 5. The first-order valence-corrected chi connectivity index (χ1v) is 7.59. The summed E-state index contributed by atoms with van der Waals surface area (Å²) >= 11 is 0. The Morgan fingerprint density at radius 2 is 2.00 bits per heavy atom. The number of methoxy groups -OCH3 is 2. The third-order valence-corrected chi connectivity index (χ3v) is 3.84. The maximum absolute atomic E-state index is 12.7. The van der Waals surface area contributed by atoms with Crippen molar-refractivity contribution in [3.63, 3.8) is 0 Å². The predicted molar refractivity (Wildman–Crippen MR) is 79.7 cm³/mol. The molecule has 6 heteroatoms. The van der Waals surface area contributed by atoms with Crippen LogP contribution in [-0.4, -0.2) is 75.9 Å². The van der Waals surface area contributed by atoms with Crippen LogP contribution in [0.25, 0.3) is 0 Å². The van der Waals surface area contributed by atoms with Gasteiger partial charge in [0.05, 0.1) is 25.2 Å². The fourth-order valence-corrected chi connectivity index (χ4v) is 2.66. The van der Waals surface area contributed by atoms with E-state index in [-0.39, 0.29) is 11.8 Å². The average Bonchev–Trinajstić information content (AvgIpc) is 2.53. The van der Waals surface area contributed by atoms with Gasteiger partial charge >= 0.3 is 0 Å². The number of piperidine rings is 1. The lowest BCUT2D eigenvalue weighted by molar-refractivity contribution is -0.138. The van der Waals surface area contributed by atoms with Gasteiger partial charge in [0.2, 0.25) is 5.91 Å². The Hall–Kier alpha value is -1.16. The number of ether oxygens (including phenoxy) is 2. The number of nitrogens with zero attached hydrogens (tertiary/aromatic N) is 3. The molecule has 1 aliphatic heterocycles. The highest BCUT2D eigenvalue weighted by Gasteiger charge is 2.28. The summed E-state index contributed by atoms with van der Waals surface area (Å²) in [6.07, 6.45) is 2.47. The maximum atomic E-state index is 12.7. The first-order chi connectivity index (χ1) is 10.2. The number of likely N-dealkylation sites (tertiary alicyclic amines) is 1. The van der Waals surface area contributed by atoms with Crippen molar-refractivity contribution >= 4 is 5.91 Å². The second kappa shape index (κ2) is 10.6. The summed E-state index contributed by atoms with van der Waals surface area (Å²) in [5.41, 5.74) is 0. The monoisotopic (exact) mass is 297 g/mol. The van der Waals surface area contributed by atoms with Crippen LogP contribution in [0.1, 0.15) is 19.3 Å². The third kappa shape index (κ3) is 6.42. The average molecular weight is 297 g/mol. The summed E-state index contributed by atoms with van der Waals surface area (Å²) in [4.78, 5) is 16.7. The minimum absolute atomic E-state index is 0.0335. The van der Waals surface area contributed by atoms with E-state index < -0.39 is 0 Å². The number of amides is 1. The molecular weight excluding hydrogens is 270 g/mol. The summed E-state index contributed by atoms with van der Waals surface area (Å²) < 4.78 is 10.2. The highest BCUT2D eigenvalue weighted by atomic mass is 16.5. The molecular formula is C15H27N3O3. The van der Waals surface area contributed by atoms with Crippen molar-refractivity contribution in [2.75, 3.05) is 60.2 Å². The zero-order valence-electron chi connectivity index (χ0n) is 13.2. The first-order valence-electron chi connectivity index (χ1n) is 7.59. The molecule has 1 fully saturated rings. The Labute approximate surface area is 127 Å². The van der Waals surface area contributed by atoms with Gasteiger partial charge in [-0.25, -0.2) is 0 Å². The smallest absolute Gasteiger partial charge is 0.227 e. The Balaban J connectivity index is 2.53. The molecule has 1 saturated heterocycles. The van der Waals surface area contributed by atoms with Crippen LogP contribution in [0.15, 0.2) is 0 Å². The standard InChI is InChI=1S/C15H27N3O3/c1-20-11-9-18(10-12-21-2)15(19)14-5-3-7-17(13-14)8-4-6-16/h14H,3-5,7-13H2,1-2H3. The normalized spacial score (nSPS) is 19.2. The van der Waals surface area contributed by atoms with Gasteiger partial charge in [-0.1, -0.05) is 0 Å². The SMILES string of the molecule is COCCN(CCOC)C(=O)C1CCCN(CCC#N)C1. The molecule has 0 spiro atoms. The van der Waals surface area contributed by atoms with E-state index in [1.54, 1.807) is 14.2 Å². The van der Waals surface area contributed by atoms with Crippen molar-refractivity contribution in [3.05, 3.63) is 0 Å². The highest BCUT2D eigenvalue weighted by molar-refractivity contribution is 5.79. The lowest BCUT2D eigenvalue weighted by Crippen LogP contribution is -2.46. The Kier molecular flexibility index (Phi) is 8.99. The minimum atomic E-state index is 0.0335. The van der Waals surface area contributed by atoms with Crippen molar-refractivity contribution in [1.29, 1.82) is 5.26 Å². The molecule has 1 unspecified atom stereocenters. The summed E-state index contributed by atoms with van der Waals surface area (Å²) in [5.74, 6) is 0.219. The third-order valence-electron chi connectivity index (χ3n) is 3.84. The molecule has 0 bridgehead atoms. The molecule has 1 rings (SSSR count). The van der Waals surface area contributed by atoms with E-state index in [1.807, 2.05) is 4.90 Å². The molecule has 0 aromatic rings. The van der Waals surface area contributed by atoms with Crippen molar-refractivity contribution in [3.8, 4) is 6.07 Å². The predicted octanol–water partition coefficient (Wildman–Crippen LogP) is 0.733. The number of nitriles is 1. The van der Waals surface area contributed by atoms with Crippen LogP contribution in [-0.2, 0) is 14.3 Å². The van der Waals surface area contributed by atoms with Crippen LogP contribution >= 0.6 is 0 Å². The fraction of sp³-hybridized carbons (Fsp3) is 0.867. The van der Waals surface area contributed by atoms with E-state index in [2.05, 4.69) is 11.0 Å². The molecule has 0 aliphatic carbocycles. The van der Waals surface area contributed by atoms with Crippen LogP contribution in [0.3, 0.4) is 0 Å². The number of carbonyl (C=O) groups is 1. The second-order valence-electron chi connectivity index (χ2n) is 5.36. The maximum Gasteiger partial charge on any atom is 0.227 e. The van der Waals surface area contributed by atoms with Crippen molar-refractivity contribution in [2.24, 2.45) is 5.92 Å². The molecule has 0 N–H and O–H groups in total. The van der Waals surface area contributed by atoms with Gasteiger partial charge in [0.1, 0.15) is 0 Å². The summed E-state index contributed by atoms with van der Waals surface area (Å²) in [6, 6.07) is 2.17. The van der Waals surface area contributed by atoms with Gasteiger partial charge in [-0.2, -0.15) is 5.26 Å². The van der Waals surface area contributed by atoms with Crippen LogP contribution < -0.4 is 0 Å². The van der Waals surface area contributed by atoms with Crippen LogP contribution in [0.2, 0.25) is 0 Å². The summed E-state index contributed by atoms with van der Waals surface area (Å²) in [5, 5.41) is 8.67. The summed E-state index contributed by atoms with van der Waals surface area (Å²) in [6.45, 7) is 4.80. The minimum Gasteiger partial charge on any atom is -0.383 e. The molecule has 0 aromatic heterocycles. The topological polar surface area (TPSA) is 65.8 Å². The Morgan fingerprint density at radius 1 is 1.33 bits per heavy atom. The van der Waals surface area contributed by atoms with Crippen molar-refractivity contribution < 1.29 is 14.3 Å². The molecule has 1 atom stereocenters. The number of rotatable bonds is 9. The van der Waals surface area contributed by atoms with Crippen LogP contribution in [0, 0.1) is 17.2 Å². The van der Waals surface area contributed by atoms with Gasteiger partial charge < -0.3 is 19.3 Å². The largest absolute Gasteiger partial charge is 0.383 e. The summed E-state index contributed by atoms with van der Waals surface area (Å²) in [7, 11) is 3.28. The van der Waals surface area contributed by atoms with Gasteiger partial charge in [0, 0.05) is 46.8 Å². The molecule has 1 amide bonds. The number of carbonyl (C=O) groups excluding carboxylic acids is 1. The van der Waals surface area contributed by atoms with E-state index >= 15 is 0 Å². The van der Waals surface area contributed by atoms with E-state index in [4.69, 9.17) is 14.7 Å². The highest BCUT2D eigenvalue weighted by Crippen LogP contribution is 2.19. The fourth-order valence-electron chi connectivity index (χ4n) is 2.66. The molecule has 6 nitrogen and oxygen atoms in total. The van der Waals surface area contributed by atoms with E-state index in [1.165, 1.54) is 0 Å². The van der Waals surface area contributed by atoms with E-state index in [9.17, 15) is 4.79 Å². The van der Waals surface area contributed by atoms with Gasteiger partial charge in [-0.15, -0.1) is 0 Å². The van der Waals surface area contributed by atoms with E-state index in [0.717, 1.165) is 32.5 Å². The van der Waals surface area contributed by atoms with Gasteiger partial charge in [0.15, 0.2) is 0 Å².